The molecule has 3 atom stereocenters. The van der Waals surface area contributed by atoms with Crippen molar-refractivity contribution in [1.29, 1.82) is 0 Å². The van der Waals surface area contributed by atoms with Crippen molar-refractivity contribution < 1.29 is 41.0 Å². The van der Waals surface area contributed by atoms with Crippen molar-refractivity contribution >= 4 is 33.2 Å². The van der Waals surface area contributed by atoms with Crippen LogP contribution in [0.1, 0.15) is 72.4 Å². The highest BCUT2D eigenvalue weighted by Crippen LogP contribution is 2.44. The van der Waals surface area contributed by atoms with Gasteiger partial charge in [-0.05, 0) is 69.8 Å². The highest BCUT2D eigenvalue weighted by Gasteiger charge is 2.46. The fourth-order valence-corrected chi connectivity index (χ4v) is 9.18. The van der Waals surface area contributed by atoms with E-state index in [0.29, 0.717) is 34.6 Å². The first-order valence-corrected chi connectivity index (χ1v) is 19.9. The van der Waals surface area contributed by atoms with Crippen molar-refractivity contribution in [3.63, 3.8) is 0 Å². The molecule has 0 unspecified atom stereocenters. The van der Waals surface area contributed by atoms with Crippen LogP contribution in [-0.4, -0.2) is 82.4 Å². The maximum absolute atomic E-state index is 15.0. The lowest BCUT2D eigenvalue weighted by molar-refractivity contribution is -0.156. The van der Waals surface area contributed by atoms with Crippen molar-refractivity contribution in [2.75, 3.05) is 20.3 Å². The Balaban J connectivity index is 1.50. The van der Waals surface area contributed by atoms with Crippen LogP contribution >= 0.6 is 11.3 Å². The topological polar surface area (TPSA) is 157 Å². The quantitative estimate of drug-likeness (QED) is 0.107. The molecular weight excluding hydrogens is 770 g/mol. The molecule has 0 radical (unpaired) electrons. The Labute approximate surface area is 327 Å². The number of nitrogens with zero attached hydrogens (tertiary/aromatic N) is 5. The van der Waals surface area contributed by atoms with Crippen molar-refractivity contribution in [1.82, 2.24) is 29.8 Å². The van der Waals surface area contributed by atoms with Crippen molar-refractivity contribution in [2.45, 2.75) is 68.6 Å². The second kappa shape index (κ2) is 17.9. The highest BCUT2D eigenvalue weighted by molar-refractivity contribution is 7.89. The smallest absolute Gasteiger partial charge is 0.407 e. The number of hydrogen-bond acceptors (Lipinski definition) is 10. The van der Waals surface area contributed by atoms with E-state index in [1.54, 1.807) is 60.7 Å². The number of rotatable bonds is 16. The summed E-state index contributed by atoms with van der Waals surface area (Å²) in [6, 6.07) is 22.9. The van der Waals surface area contributed by atoms with Gasteiger partial charge in [-0.25, -0.2) is 17.9 Å². The summed E-state index contributed by atoms with van der Waals surface area (Å²) in [6.45, 7) is 4.97. The van der Waals surface area contributed by atoms with Crippen LogP contribution in [-0.2, 0) is 19.6 Å². The number of aliphatic hydroxyl groups is 1. The number of alkyl carbamates (subject to hydrolysis) is 1. The molecule has 5 rings (SSSR count). The first-order chi connectivity index (χ1) is 26.5. The van der Waals surface area contributed by atoms with Gasteiger partial charge in [-0.1, -0.05) is 81.4 Å². The third-order valence-electron chi connectivity index (χ3n) is 9.24. The molecule has 2 N–H and O–H groups in total. The monoisotopic (exact) mass is 812 g/mol. The maximum atomic E-state index is 15.0. The van der Waals surface area contributed by atoms with Crippen LogP contribution in [0, 0.1) is 5.41 Å². The van der Waals surface area contributed by atoms with Gasteiger partial charge in [-0.15, -0.1) is 16.4 Å². The van der Waals surface area contributed by atoms with E-state index < -0.39 is 65.0 Å². The van der Waals surface area contributed by atoms with Crippen LogP contribution < -0.4 is 5.32 Å². The molecule has 5 aromatic rings. The Morgan fingerprint density at radius 3 is 2.00 bits per heavy atom. The second-order valence-electron chi connectivity index (χ2n) is 14.3. The van der Waals surface area contributed by atoms with Crippen LogP contribution in [0.3, 0.4) is 0 Å². The number of benzene rings is 3. The minimum atomic E-state index is -4.92. The van der Waals surface area contributed by atoms with Crippen molar-refractivity contribution in [3.8, 4) is 5.69 Å². The number of carbonyl (C=O) groups excluding carboxylic acids is 2. The Bertz CT molecular complexity index is 2110. The molecule has 0 aliphatic rings. The van der Waals surface area contributed by atoms with E-state index in [9.17, 15) is 23.1 Å². The number of amides is 1. The van der Waals surface area contributed by atoms with E-state index in [4.69, 9.17) is 4.74 Å². The van der Waals surface area contributed by atoms with E-state index >= 15 is 13.2 Å². The van der Waals surface area contributed by atoms with Gasteiger partial charge in [0.05, 0.1) is 36.3 Å². The molecule has 0 saturated carbocycles. The fourth-order valence-electron chi connectivity index (χ4n) is 6.27. The fraction of sp³-hybridized carbons (Fsp3) is 0.359. The van der Waals surface area contributed by atoms with Crippen LogP contribution in [0.5, 0.6) is 0 Å². The SMILES string of the molecule is COC(=O)N[C@H](C(=O)C[C@H](c1ccc([C@@H](CO)N(CCC(C)(C)C)S(=O)(=O)c2ccc(-n3cnnn3)cc2)s1)C(F)(F)F)C(c1ccccc1)c1ccccc1. The lowest BCUT2D eigenvalue weighted by atomic mass is 9.81. The molecule has 0 aliphatic carbocycles. The molecule has 3 aromatic carbocycles. The van der Waals surface area contributed by atoms with E-state index in [1.807, 2.05) is 20.8 Å². The third kappa shape index (κ3) is 10.3. The van der Waals surface area contributed by atoms with Crippen LogP contribution in [0.25, 0.3) is 5.69 Å². The van der Waals surface area contributed by atoms with Gasteiger partial charge < -0.3 is 15.2 Å². The van der Waals surface area contributed by atoms with Crippen molar-refractivity contribution in [2.24, 2.45) is 5.41 Å². The van der Waals surface area contributed by atoms with E-state index in [0.717, 1.165) is 11.4 Å². The average molecular weight is 813 g/mol. The zero-order chi connectivity index (χ0) is 40.7. The van der Waals surface area contributed by atoms with E-state index in [-0.39, 0.29) is 26.6 Å². The van der Waals surface area contributed by atoms with Gasteiger partial charge in [0, 0.05) is 28.6 Å². The van der Waals surface area contributed by atoms with Gasteiger partial charge in [-0.2, -0.15) is 17.5 Å². The zero-order valence-electron chi connectivity index (χ0n) is 31.1. The normalized spacial score (nSPS) is 14.0. The predicted molar refractivity (Wildman–Crippen MR) is 204 cm³/mol. The number of ketones is 1. The van der Waals surface area contributed by atoms with E-state index in [1.165, 1.54) is 47.4 Å². The molecule has 0 fully saturated rings. The molecule has 12 nitrogen and oxygen atoms in total. The number of ether oxygens (including phenoxy) is 1. The Morgan fingerprint density at radius 1 is 0.911 bits per heavy atom. The lowest BCUT2D eigenvalue weighted by Gasteiger charge is -2.32. The molecule has 56 heavy (non-hydrogen) atoms. The van der Waals surface area contributed by atoms with Gasteiger partial charge in [0.1, 0.15) is 12.4 Å². The number of sulfonamides is 1. The number of Topliss-reactive ketones (excluding diaryl/α,β-unsaturated/α-hetero) is 1. The number of tetrazole rings is 1. The van der Waals surface area contributed by atoms with Gasteiger partial charge in [0.25, 0.3) is 0 Å². The summed E-state index contributed by atoms with van der Waals surface area (Å²) in [5.74, 6) is -4.08. The molecular formula is C39H43F3N6O6S2. The predicted octanol–water partition coefficient (Wildman–Crippen LogP) is 7.05. The molecule has 1 amide bonds. The number of hydrogen-bond donors (Lipinski definition) is 2. The number of methoxy groups -OCH3 is 1. The first kappa shape index (κ1) is 42.2. The largest absolute Gasteiger partial charge is 0.453 e. The number of aliphatic hydroxyl groups excluding tert-OH is 1. The Kier molecular flexibility index (Phi) is 13.5. The maximum Gasteiger partial charge on any atom is 0.407 e. The average Bonchev–Trinajstić information content (AvgIpc) is 3.89. The molecule has 0 aliphatic heterocycles. The number of nitrogens with one attached hydrogen (secondary N) is 1. The number of thiophene rings is 1. The summed E-state index contributed by atoms with van der Waals surface area (Å²) >= 11 is 0.672. The van der Waals surface area contributed by atoms with Gasteiger partial charge in [0.2, 0.25) is 10.0 Å². The van der Waals surface area contributed by atoms with Gasteiger partial charge in [-0.3, -0.25) is 4.79 Å². The number of aromatic nitrogens is 4. The molecule has 2 aromatic heterocycles. The van der Waals surface area contributed by atoms with Crippen molar-refractivity contribution in [3.05, 3.63) is 124 Å². The Morgan fingerprint density at radius 2 is 1.50 bits per heavy atom. The van der Waals surface area contributed by atoms with Crippen LogP contribution in [0.15, 0.2) is 108 Å². The number of carbonyl (C=O) groups is 2. The Hall–Kier alpha value is -4.97. The van der Waals surface area contributed by atoms with Crippen LogP contribution in [0.4, 0.5) is 18.0 Å². The highest BCUT2D eigenvalue weighted by atomic mass is 32.2. The number of halogens is 3. The van der Waals surface area contributed by atoms with Crippen LogP contribution in [0.2, 0.25) is 0 Å². The summed E-state index contributed by atoms with van der Waals surface area (Å²) in [6.07, 6.45) is -5.25. The minimum Gasteiger partial charge on any atom is -0.453 e. The molecule has 0 saturated heterocycles. The summed E-state index contributed by atoms with van der Waals surface area (Å²) in [4.78, 5) is 26.6. The summed E-state index contributed by atoms with van der Waals surface area (Å²) in [7, 11) is -3.23. The third-order valence-corrected chi connectivity index (χ3v) is 12.5. The van der Waals surface area contributed by atoms with E-state index in [2.05, 4.69) is 20.8 Å². The first-order valence-electron chi connectivity index (χ1n) is 17.6. The zero-order valence-corrected chi connectivity index (χ0v) is 32.8. The summed E-state index contributed by atoms with van der Waals surface area (Å²) < 4.78 is 80.8. The minimum absolute atomic E-state index is 0.0541. The summed E-state index contributed by atoms with van der Waals surface area (Å²) in [5, 5.41) is 24.2. The molecule has 0 bridgehead atoms. The van der Waals surface area contributed by atoms with Gasteiger partial charge in [0.15, 0.2) is 5.78 Å². The molecule has 0 spiro atoms. The molecule has 17 heteroatoms. The molecule has 298 valence electrons. The summed E-state index contributed by atoms with van der Waals surface area (Å²) in [5.41, 5.74) is 1.32. The second-order valence-corrected chi connectivity index (χ2v) is 17.3. The number of alkyl halides is 3. The lowest BCUT2D eigenvalue weighted by Crippen LogP contribution is -2.46. The standard InChI is InChI=1S/C39H43F3N6O6S2/c1-38(2,3)21-22-48(56(52,53)29-17-15-28(16-18-29)47-25-43-45-46-47)31(24-49)34-20-19-33(55-34)30(39(40,41)42)23-32(50)36(44-37(51)54-4)35(26-11-7-5-8-12-26)27-13-9-6-10-14-27/h5-20,25,30-31,35-36,49H,21-24H2,1-4H3,(H,44,51)/t30-,31-,36-/m1/s1. The molecule has 2 heterocycles. The van der Waals surface area contributed by atoms with Gasteiger partial charge >= 0.3 is 12.3 Å².